The van der Waals surface area contributed by atoms with Gasteiger partial charge < -0.3 is 14.3 Å². The van der Waals surface area contributed by atoms with Crippen LogP contribution in [0, 0.1) is 0 Å². The van der Waals surface area contributed by atoms with E-state index in [1.165, 1.54) is 36.4 Å². The van der Waals surface area contributed by atoms with E-state index >= 15 is 0 Å². The summed E-state index contributed by atoms with van der Waals surface area (Å²) < 4.78 is 11.9. The summed E-state index contributed by atoms with van der Waals surface area (Å²) in [6, 6.07) is 7.96. The number of carboxylic acid groups (broad SMARTS) is 1. The Morgan fingerprint density at radius 2 is 1.96 bits per heavy atom. The van der Waals surface area contributed by atoms with Crippen LogP contribution in [0.4, 0.5) is 0 Å². The van der Waals surface area contributed by atoms with Crippen LogP contribution in [0.2, 0.25) is 0 Å². The monoisotopic (exact) mass is 386 g/mol. The van der Waals surface area contributed by atoms with E-state index in [0.717, 1.165) is 24.2 Å². The van der Waals surface area contributed by atoms with Gasteiger partial charge in [-0.2, -0.15) is 0 Å². The summed E-state index contributed by atoms with van der Waals surface area (Å²) in [5.74, 6) is -0.528. The summed E-state index contributed by atoms with van der Waals surface area (Å²) in [4.78, 5) is 25.1. The zero-order chi connectivity index (χ0) is 19.4. The SMILES string of the molecule is CCCCCCOc1cc(SC)cc2c(=O)c3cc(C(=O)O)ccc3oc12. The number of aromatic carboxylic acids is 1. The highest BCUT2D eigenvalue weighted by molar-refractivity contribution is 7.98. The zero-order valence-corrected chi connectivity index (χ0v) is 16.2. The van der Waals surface area contributed by atoms with E-state index in [2.05, 4.69) is 6.92 Å². The maximum Gasteiger partial charge on any atom is 0.335 e. The first-order valence-corrected chi connectivity index (χ1v) is 10.2. The van der Waals surface area contributed by atoms with Crippen molar-refractivity contribution in [1.82, 2.24) is 0 Å². The molecule has 27 heavy (non-hydrogen) atoms. The minimum absolute atomic E-state index is 0.0579. The Bertz CT molecular complexity index is 1040. The van der Waals surface area contributed by atoms with E-state index in [1.54, 1.807) is 6.07 Å². The van der Waals surface area contributed by atoms with Crippen molar-refractivity contribution >= 4 is 39.7 Å². The molecular formula is C21H22O5S. The first-order chi connectivity index (χ1) is 13.0. The number of thioether (sulfide) groups is 1. The molecule has 0 fully saturated rings. The molecule has 2 aromatic carbocycles. The summed E-state index contributed by atoms with van der Waals surface area (Å²) in [5, 5.41) is 9.84. The van der Waals surface area contributed by atoms with Crippen molar-refractivity contribution < 1.29 is 19.1 Å². The van der Waals surface area contributed by atoms with Gasteiger partial charge >= 0.3 is 5.97 Å². The molecule has 1 heterocycles. The van der Waals surface area contributed by atoms with Gasteiger partial charge in [-0.25, -0.2) is 4.79 Å². The Morgan fingerprint density at radius 3 is 2.67 bits per heavy atom. The van der Waals surface area contributed by atoms with Crippen LogP contribution in [0.5, 0.6) is 5.75 Å². The Kier molecular flexibility index (Phi) is 6.06. The summed E-state index contributed by atoms with van der Waals surface area (Å²) >= 11 is 1.51. The molecule has 0 atom stereocenters. The van der Waals surface area contributed by atoms with Crippen molar-refractivity contribution in [3.05, 3.63) is 46.1 Å². The van der Waals surface area contributed by atoms with Gasteiger partial charge in [-0.05, 0) is 43.0 Å². The summed E-state index contributed by atoms with van der Waals surface area (Å²) in [6.07, 6.45) is 6.29. The Morgan fingerprint density at radius 1 is 1.15 bits per heavy atom. The van der Waals surface area contributed by atoms with Gasteiger partial charge in [-0.15, -0.1) is 11.8 Å². The molecule has 0 bridgehead atoms. The largest absolute Gasteiger partial charge is 0.490 e. The van der Waals surface area contributed by atoms with Gasteiger partial charge in [-0.1, -0.05) is 26.2 Å². The van der Waals surface area contributed by atoms with Crippen LogP contribution in [-0.2, 0) is 0 Å². The number of hydrogen-bond donors (Lipinski definition) is 1. The molecule has 1 N–H and O–H groups in total. The lowest BCUT2D eigenvalue weighted by Crippen LogP contribution is -2.06. The third-order valence-electron chi connectivity index (χ3n) is 4.45. The van der Waals surface area contributed by atoms with E-state index in [-0.39, 0.29) is 16.4 Å². The maximum absolute atomic E-state index is 13.0. The first kappa shape index (κ1) is 19.3. The predicted molar refractivity (Wildman–Crippen MR) is 108 cm³/mol. The quantitative estimate of drug-likeness (QED) is 0.320. The fourth-order valence-corrected chi connectivity index (χ4v) is 3.43. The molecule has 5 nitrogen and oxygen atoms in total. The molecule has 0 aliphatic carbocycles. The minimum atomic E-state index is -1.08. The van der Waals surface area contributed by atoms with Crippen LogP contribution < -0.4 is 10.2 Å². The van der Waals surface area contributed by atoms with Gasteiger partial charge in [0.25, 0.3) is 0 Å². The highest BCUT2D eigenvalue weighted by Crippen LogP contribution is 2.32. The van der Waals surface area contributed by atoms with Crippen LogP contribution in [0.3, 0.4) is 0 Å². The smallest absolute Gasteiger partial charge is 0.335 e. The second kappa shape index (κ2) is 8.48. The van der Waals surface area contributed by atoms with E-state index in [0.29, 0.717) is 28.9 Å². The fraction of sp³-hybridized carbons (Fsp3) is 0.333. The molecule has 0 aliphatic rings. The Balaban J connectivity index is 2.10. The van der Waals surface area contributed by atoms with Gasteiger partial charge in [0.15, 0.2) is 11.3 Å². The molecular weight excluding hydrogens is 364 g/mol. The Labute approximate surface area is 161 Å². The number of unbranched alkanes of at least 4 members (excludes halogenated alkanes) is 3. The normalized spacial score (nSPS) is 11.2. The third-order valence-corrected chi connectivity index (χ3v) is 5.15. The molecule has 0 saturated heterocycles. The van der Waals surface area contributed by atoms with E-state index in [4.69, 9.17) is 9.15 Å². The molecule has 1 aromatic heterocycles. The van der Waals surface area contributed by atoms with Crippen LogP contribution in [0.15, 0.2) is 44.4 Å². The molecule has 6 heteroatoms. The van der Waals surface area contributed by atoms with Crippen molar-refractivity contribution in [3.8, 4) is 5.75 Å². The number of carboxylic acids is 1. The zero-order valence-electron chi connectivity index (χ0n) is 15.4. The number of hydrogen-bond acceptors (Lipinski definition) is 5. The number of ether oxygens (including phenoxy) is 1. The number of fused-ring (bicyclic) bond motifs is 2. The summed E-state index contributed by atoms with van der Waals surface area (Å²) in [6.45, 7) is 2.72. The van der Waals surface area contributed by atoms with Gasteiger partial charge in [0.05, 0.1) is 22.9 Å². The molecule has 0 unspecified atom stereocenters. The second-order valence-corrected chi connectivity index (χ2v) is 7.24. The molecule has 0 radical (unpaired) electrons. The van der Waals surface area contributed by atoms with E-state index < -0.39 is 5.97 Å². The lowest BCUT2D eigenvalue weighted by Gasteiger charge is -2.11. The lowest BCUT2D eigenvalue weighted by atomic mass is 10.1. The standard InChI is InChI=1S/C21H22O5S/c1-3-4-5-6-9-25-18-12-14(27-2)11-16-19(22)15-10-13(21(23)24)7-8-17(15)26-20(16)18/h7-8,10-12H,3-6,9H2,1-2H3,(H,23,24). The van der Waals surface area contributed by atoms with E-state index in [1.807, 2.05) is 12.3 Å². The topological polar surface area (TPSA) is 76.7 Å². The van der Waals surface area contributed by atoms with Gasteiger partial charge in [0.2, 0.25) is 5.43 Å². The van der Waals surface area contributed by atoms with E-state index in [9.17, 15) is 14.7 Å². The average Bonchev–Trinajstić information content (AvgIpc) is 2.67. The highest BCUT2D eigenvalue weighted by atomic mass is 32.2. The van der Waals surface area contributed by atoms with Gasteiger partial charge in [0.1, 0.15) is 5.58 Å². The number of carbonyl (C=O) groups is 1. The van der Waals surface area contributed by atoms with Crippen molar-refractivity contribution in [1.29, 1.82) is 0 Å². The molecule has 0 saturated carbocycles. The van der Waals surface area contributed by atoms with Crippen molar-refractivity contribution in [3.63, 3.8) is 0 Å². The van der Waals surface area contributed by atoms with Crippen LogP contribution in [0.1, 0.15) is 43.0 Å². The summed E-state index contributed by atoms with van der Waals surface area (Å²) in [7, 11) is 0. The second-order valence-electron chi connectivity index (χ2n) is 6.36. The lowest BCUT2D eigenvalue weighted by molar-refractivity contribution is 0.0697. The fourth-order valence-electron chi connectivity index (χ4n) is 2.97. The average molecular weight is 386 g/mol. The Hall–Kier alpha value is -2.47. The number of benzene rings is 2. The number of rotatable bonds is 8. The molecule has 0 aliphatic heterocycles. The third kappa shape index (κ3) is 4.11. The summed E-state index contributed by atoms with van der Waals surface area (Å²) in [5.41, 5.74) is 0.567. The van der Waals surface area contributed by atoms with Crippen LogP contribution >= 0.6 is 11.8 Å². The minimum Gasteiger partial charge on any atom is -0.490 e. The molecule has 3 rings (SSSR count). The van der Waals surface area contributed by atoms with Crippen molar-refractivity contribution in [2.24, 2.45) is 0 Å². The van der Waals surface area contributed by atoms with Crippen LogP contribution in [-0.4, -0.2) is 23.9 Å². The van der Waals surface area contributed by atoms with Gasteiger partial charge in [0, 0.05) is 4.90 Å². The van der Waals surface area contributed by atoms with Crippen molar-refractivity contribution in [2.75, 3.05) is 12.9 Å². The highest BCUT2D eigenvalue weighted by Gasteiger charge is 2.15. The molecule has 142 valence electrons. The van der Waals surface area contributed by atoms with Crippen molar-refractivity contribution in [2.45, 2.75) is 37.5 Å². The van der Waals surface area contributed by atoms with Gasteiger partial charge in [-0.3, -0.25) is 4.79 Å². The van der Waals surface area contributed by atoms with Crippen LogP contribution in [0.25, 0.3) is 21.9 Å². The molecule has 0 spiro atoms. The molecule has 0 amide bonds. The first-order valence-electron chi connectivity index (χ1n) is 9.00. The predicted octanol–water partition coefficient (Wildman–Crippen LogP) is 5.33. The maximum atomic E-state index is 13.0. The molecule has 3 aromatic rings.